The van der Waals surface area contributed by atoms with E-state index in [1.165, 1.54) is 6.26 Å². The largest absolute Gasteiger partial charge is 0.459 e. The minimum atomic E-state index is -0.0636. The van der Waals surface area contributed by atoms with E-state index in [1.807, 2.05) is 33.7 Å². The van der Waals surface area contributed by atoms with Crippen molar-refractivity contribution in [2.45, 2.75) is 6.42 Å². The predicted molar refractivity (Wildman–Crippen MR) is 104 cm³/mol. The van der Waals surface area contributed by atoms with Crippen LogP contribution in [-0.4, -0.2) is 76.0 Å². The first-order valence-corrected chi connectivity index (χ1v) is 9.33. The van der Waals surface area contributed by atoms with Crippen molar-refractivity contribution < 1.29 is 9.21 Å². The number of carbonyl (C=O) groups excluding carboxylic acids is 1. The summed E-state index contributed by atoms with van der Waals surface area (Å²) in [4.78, 5) is 20.7. The van der Waals surface area contributed by atoms with Gasteiger partial charge in [-0.3, -0.25) is 14.2 Å². The molecule has 0 atom stereocenters. The molecule has 1 aliphatic heterocycles. The third-order valence-corrected chi connectivity index (χ3v) is 4.83. The molecule has 0 unspecified atom stereocenters. The van der Waals surface area contributed by atoms with Gasteiger partial charge in [0.15, 0.2) is 17.4 Å². The molecule has 1 amide bonds. The van der Waals surface area contributed by atoms with Crippen LogP contribution in [0.5, 0.6) is 0 Å². The molecule has 0 aromatic carbocycles. The van der Waals surface area contributed by atoms with E-state index < -0.39 is 0 Å². The molecule has 9 nitrogen and oxygen atoms in total. The summed E-state index contributed by atoms with van der Waals surface area (Å²) in [6, 6.07) is 9.28. The first-order valence-electron chi connectivity index (χ1n) is 9.33. The van der Waals surface area contributed by atoms with Crippen LogP contribution in [-0.2, 0) is 6.42 Å². The smallest absolute Gasteiger partial charge is 0.289 e. The van der Waals surface area contributed by atoms with E-state index in [1.54, 1.807) is 19.2 Å². The fraction of sp³-hybridized carbons (Fsp3) is 0.368. The van der Waals surface area contributed by atoms with Crippen LogP contribution in [0, 0.1) is 0 Å². The van der Waals surface area contributed by atoms with E-state index in [2.05, 4.69) is 25.4 Å². The number of pyridine rings is 1. The van der Waals surface area contributed by atoms with Gasteiger partial charge in [0.2, 0.25) is 0 Å². The van der Waals surface area contributed by atoms with Crippen molar-refractivity contribution >= 4 is 17.5 Å². The number of fused-ring (bicyclic) bond motifs is 1. The van der Waals surface area contributed by atoms with Gasteiger partial charge in [-0.05, 0) is 24.3 Å². The molecular formula is C19H23N7O2. The van der Waals surface area contributed by atoms with Crippen LogP contribution in [0.15, 0.2) is 52.2 Å². The van der Waals surface area contributed by atoms with Crippen LogP contribution in [0.4, 0.5) is 0 Å². The van der Waals surface area contributed by atoms with Crippen LogP contribution in [0.1, 0.15) is 16.4 Å². The number of rotatable bonds is 4. The summed E-state index contributed by atoms with van der Waals surface area (Å²) in [5.41, 5.74) is 0.847. The fourth-order valence-corrected chi connectivity index (χ4v) is 3.36. The molecule has 3 aromatic rings. The van der Waals surface area contributed by atoms with Crippen molar-refractivity contribution in [1.29, 1.82) is 0 Å². The van der Waals surface area contributed by atoms with Gasteiger partial charge < -0.3 is 19.5 Å². The number of nitrogens with zero attached hydrogens (tertiary/aromatic N) is 6. The molecular weight excluding hydrogens is 358 g/mol. The monoisotopic (exact) mass is 381 g/mol. The molecule has 9 heteroatoms. The average molecular weight is 381 g/mol. The number of nitrogens with one attached hydrogen (secondary N) is 1. The Hall–Kier alpha value is -3.36. The SMILES string of the molecule is CN=C(NCCc1nnc2ccccn12)N1CCN(C(=O)c2ccco2)CC1. The molecule has 1 aliphatic rings. The quantitative estimate of drug-likeness (QED) is 0.533. The zero-order valence-electron chi connectivity index (χ0n) is 15.8. The van der Waals surface area contributed by atoms with Crippen LogP contribution in [0.2, 0.25) is 0 Å². The van der Waals surface area contributed by atoms with Gasteiger partial charge >= 0.3 is 0 Å². The number of carbonyl (C=O) groups is 1. The molecule has 4 heterocycles. The van der Waals surface area contributed by atoms with E-state index in [-0.39, 0.29) is 5.91 Å². The molecule has 3 aromatic heterocycles. The fourth-order valence-electron chi connectivity index (χ4n) is 3.36. The molecule has 146 valence electrons. The zero-order chi connectivity index (χ0) is 19.3. The van der Waals surface area contributed by atoms with Crippen LogP contribution >= 0.6 is 0 Å². The summed E-state index contributed by atoms with van der Waals surface area (Å²) in [5, 5.41) is 11.8. The lowest BCUT2D eigenvalue weighted by Crippen LogP contribution is -2.54. The maximum absolute atomic E-state index is 12.4. The molecule has 1 N–H and O–H groups in total. The second kappa shape index (κ2) is 8.12. The normalized spacial score (nSPS) is 15.2. The highest BCUT2D eigenvalue weighted by molar-refractivity contribution is 5.91. The molecule has 1 saturated heterocycles. The van der Waals surface area contributed by atoms with Crippen LogP contribution < -0.4 is 5.32 Å². The van der Waals surface area contributed by atoms with Gasteiger partial charge in [-0.15, -0.1) is 10.2 Å². The number of guanidine groups is 1. The average Bonchev–Trinajstić information content (AvgIpc) is 3.41. The Labute approximate surface area is 162 Å². The number of aliphatic imine (C=N–C) groups is 1. The standard InChI is InChI=1S/C19H23N7O2/c1-20-19(21-8-7-17-23-22-16-6-2-3-9-26(16)17)25-12-10-24(11-13-25)18(27)15-5-4-14-28-15/h2-6,9,14H,7-8,10-13H2,1H3,(H,20,21). The van der Waals surface area contributed by atoms with Crippen LogP contribution in [0.3, 0.4) is 0 Å². The van der Waals surface area contributed by atoms with E-state index in [9.17, 15) is 4.79 Å². The van der Waals surface area contributed by atoms with Crippen molar-refractivity contribution in [1.82, 2.24) is 29.7 Å². The van der Waals surface area contributed by atoms with Crippen molar-refractivity contribution in [3.8, 4) is 0 Å². The second-order valence-corrected chi connectivity index (χ2v) is 6.53. The Kier molecular flexibility index (Phi) is 5.22. The molecule has 0 bridgehead atoms. The van der Waals surface area contributed by atoms with E-state index in [0.29, 0.717) is 25.4 Å². The summed E-state index contributed by atoms with van der Waals surface area (Å²) < 4.78 is 7.20. The van der Waals surface area contributed by atoms with Gasteiger partial charge in [0.25, 0.3) is 5.91 Å². The summed E-state index contributed by atoms with van der Waals surface area (Å²) in [5.74, 6) is 2.06. The summed E-state index contributed by atoms with van der Waals surface area (Å²) >= 11 is 0. The van der Waals surface area contributed by atoms with Crippen molar-refractivity contribution in [3.05, 3.63) is 54.4 Å². The predicted octanol–water partition coefficient (Wildman–Crippen LogP) is 0.898. The Morgan fingerprint density at radius 1 is 1.14 bits per heavy atom. The van der Waals surface area contributed by atoms with Crippen molar-refractivity contribution in [3.63, 3.8) is 0 Å². The van der Waals surface area contributed by atoms with Gasteiger partial charge in [0.1, 0.15) is 5.82 Å². The molecule has 4 rings (SSSR count). The summed E-state index contributed by atoms with van der Waals surface area (Å²) in [6.07, 6.45) is 4.23. The lowest BCUT2D eigenvalue weighted by atomic mass is 10.3. The molecule has 28 heavy (non-hydrogen) atoms. The van der Waals surface area contributed by atoms with Crippen molar-refractivity contribution in [2.24, 2.45) is 4.99 Å². The van der Waals surface area contributed by atoms with Gasteiger partial charge in [0.05, 0.1) is 6.26 Å². The van der Waals surface area contributed by atoms with Gasteiger partial charge in [-0.2, -0.15) is 0 Å². The van der Waals surface area contributed by atoms with Gasteiger partial charge in [-0.1, -0.05) is 6.07 Å². The summed E-state index contributed by atoms with van der Waals surface area (Å²) in [7, 11) is 1.77. The highest BCUT2D eigenvalue weighted by atomic mass is 16.3. The Bertz CT molecular complexity index is 956. The maximum Gasteiger partial charge on any atom is 0.289 e. The highest BCUT2D eigenvalue weighted by Gasteiger charge is 2.25. The number of furan rings is 1. The number of hydrogen-bond donors (Lipinski definition) is 1. The molecule has 0 radical (unpaired) electrons. The first-order chi connectivity index (χ1) is 13.8. The third kappa shape index (κ3) is 3.68. The molecule has 0 saturated carbocycles. The topological polar surface area (TPSA) is 91.3 Å². The second-order valence-electron chi connectivity index (χ2n) is 6.53. The minimum Gasteiger partial charge on any atom is -0.459 e. The van der Waals surface area contributed by atoms with Gasteiger partial charge in [-0.25, -0.2) is 0 Å². The summed E-state index contributed by atoms with van der Waals surface area (Å²) in [6.45, 7) is 3.41. The number of piperazine rings is 1. The van der Waals surface area contributed by atoms with E-state index in [0.717, 1.165) is 36.9 Å². The van der Waals surface area contributed by atoms with Crippen molar-refractivity contribution in [2.75, 3.05) is 39.8 Å². The lowest BCUT2D eigenvalue weighted by Gasteiger charge is -2.36. The van der Waals surface area contributed by atoms with Gasteiger partial charge in [0, 0.05) is 52.4 Å². The molecule has 1 fully saturated rings. The van der Waals surface area contributed by atoms with Crippen LogP contribution in [0.25, 0.3) is 5.65 Å². The Balaban J connectivity index is 1.29. The first kappa shape index (κ1) is 18.0. The molecule has 0 spiro atoms. The Morgan fingerprint density at radius 3 is 2.71 bits per heavy atom. The Morgan fingerprint density at radius 2 is 1.96 bits per heavy atom. The molecule has 0 aliphatic carbocycles. The van der Waals surface area contributed by atoms with E-state index >= 15 is 0 Å². The maximum atomic E-state index is 12.4. The zero-order valence-corrected chi connectivity index (χ0v) is 15.8. The van der Waals surface area contributed by atoms with E-state index in [4.69, 9.17) is 4.42 Å². The third-order valence-electron chi connectivity index (χ3n) is 4.83. The number of aromatic nitrogens is 3. The highest BCUT2D eigenvalue weighted by Crippen LogP contribution is 2.09. The minimum absolute atomic E-state index is 0.0636. The number of hydrogen-bond acceptors (Lipinski definition) is 5. The lowest BCUT2D eigenvalue weighted by molar-refractivity contribution is 0.0658. The number of amides is 1.